The molecule has 0 atom stereocenters. The molecule has 0 unspecified atom stereocenters. The number of rotatable bonds is 5. The molecule has 0 amide bonds. The van der Waals surface area contributed by atoms with Crippen LogP contribution in [0.25, 0.3) is 0 Å². The summed E-state index contributed by atoms with van der Waals surface area (Å²) in [7, 11) is 0. The molecule has 0 saturated carbocycles. The van der Waals surface area contributed by atoms with E-state index in [-0.39, 0.29) is 0 Å². The highest BCUT2D eigenvalue weighted by atomic mass is 35.5. The van der Waals surface area contributed by atoms with Crippen LogP contribution in [0.1, 0.15) is 18.9 Å². The van der Waals surface area contributed by atoms with Gasteiger partial charge >= 0.3 is 0 Å². The Labute approximate surface area is 114 Å². The van der Waals surface area contributed by atoms with Gasteiger partial charge in [-0.1, -0.05) is 24.6 Å². The van der Waals surface area contributed by atoms with Crippen LogP contribution in [0.4, 0.5) is 5.69 Å². The van der Waals surface area contributed by atoms with Crippen LogP contribution in [0.15, 0.2) is 18.2 Å². The molecule has 0 aliphatic carbocycles. The average Bonchev–Trinajstić information content (AvgIpc) is 2.41. The lowest BCUT2D eigenvalue weighted by atomic mass is 10.1. The maximum atomic E-state index is 6.12. The zero-order valence-electron chi connectivity index (χ0n) is 10.9. The van der Waals surface area contributed by atoms with E-state index in [2.05, 4.69) is 29.3 Å². The van der Waals surface area contributed by atoms with Crippen LogP contribution in [-0.4, -0.2) is 32.8 Å². The number of hydrogen-bond acceptors (Lipinski definition) is 3. The van der Waals surface area contributed by atoms with Crippen LogP contribution in [0.2, 0.25) is 5.02 Å². The van der Waals surface area contributed by atoms with E-state index in [1.54, 1.807) is 0 Å². The third-order valence-corrected chi connectivity index (χ3v) is 3.38. The summed E-state index contributed by atoms with van der Waals surface area (Å²) in [4.78, 5) is 2.36. The Bertz CT molecular complexity index is 378. The highest BCUT2D eigenvalue weighted by molar-refractivity contribution is 6.30. The van der Waals surface area contributed by atoms with Crippen molar-refractivity contribution in [1.29, 1.82) is 0 Å². The van der Waals surface area contributed by atoms with E-state index < -0.39 is 0 Å². The van der Waals surface area contributed by atoms with Gasteiger partial charge in [0.15, 0.2) is 0 Å². The summed E-state index contributed by atoms with van der Waals surface area (Å²) in [5, 5.41) is 4.25. The zero-order valence-corrected chi connectivity index (χ0v) is 11.7. The van der Waals surface area contributed by atoms with Crippen molar-refractivity contribution in [3.05, 3.63) is 28.8 Å². The summed E-state index contributed by atoms with van der Waals surface area (Å²) in [6, 6.07) is 6.15. The van der Waals surface area contributed by atoms with Crippen LogP contribution in [-0.2, 0) is 11.3 Å². The largest absolute Gasteiger partial charge is 0.378 e. The Morgan fingerprint density at radius 2 is 2.11 bits per heavy atom. The Morgan fingerprint density at radius 3 is 2.83 bits per heavy atom. The molecule has 0 bridgehead atoms. The van der Waals surface area contributed by atoms with E-state index in [4.69, 9.17) is 16.3 Å². The molecule has 1 aromatic carbocycles. The summed E-state index contributed by atoms with van der Waals surface area (Å²) in [5.41, 5.74) is 2.56. The lowest BCUT2D eigenvalue weighted by Gasteiger charge is -2.31. The fraction of sp³-hybridized carbons (Fsp3) is 0.571. The van der Waals surface area contributed by atoms with Gasteiger partial charge in [-0.25, -0.2) is 0 Å². The second-order valence-electron chi connectivity index (χ2n) is 4.55. The molecule has 1 aliphatic heterocycles. The Hall–Kier alpha value is -0.770. The third kappa shape index (κ3) is 3.61. The van der Waals surface area contributed by atoms with Crippen molar-refractivity contribution in [1.82, 2.24) is 5.32 Å². The lowest BCUT2D eigenvalue weighted by molar-refractivity contribution is 0.122. The van der Waals surface area contributed by atoms with Crippen molar-refractivity contribution in [2.45, 2.75) is 19.9 Å². The van der Waals surface area contributed by atoms with Gasteiger partial charge in [-0.3, -0.25) is 0 Å². The summed E-state index contributed by atoms with van der Waals surface area (Å²) >= 11 is 6.12. The standard InChI is InChI=1S/C14H21ClN2O/c1-2-5-16-11-12-3-4-13(15)10-14(12)17-6-8-18-9-7-17/h3-4,10,16H,2,5-9,11H2,1H3. The van der Waals surface area contributed by atoms with E-state index in [9.17, 15) is 0 Å². The molecule has 0 spiro atoms. The molecule has 1 fully saturated rings. The molecule has 2 rings (SSSR count). The van der Waals surface area contributed by atoms with Crippen LogP contribution >= 0.6 is 11.6 Å². The molecule has 0 aromatic heterocycles. The lowest BCUT2D eigenvalue weighted by Crippen LogP contribution is -2.37. The first-order valence-electron chi connectivity index (χ1n) is 6.63. The monoisotopic (exact) mass is 268 g/mol. The SMILES string of the molecule is CCCNCc1ccc(Cl)cc1N1CCOCC1. The minimum absolute atomic E-state index is 0.800. The average molecular weight is 269 g/mol. The van der Waals surface area contributed by atoms with Crippen molar-refractivity contribution < 1.29 is 4.74 Å². The van der Waals surface area contributed by atoms with Gasteiger partial charge < -0.3 is 15.0 Å². The molecular formula is C14H21ClN2O. The normalized spacial score (nSPS) is 16.0. The van der Waals surface area contributed by atoms with Crippen LogP contribution in [0.3, 0.4) is 0 Å². The molecule has 18 heavy (non-hydrogen) atoms. The molecule has 4 heteroatoms. The minimum Gasteiger partial charge on any atom is -0.378 e. The molecule has 1 aromatic rings. The van der Waals surface area contributed by atoms with Gasteiger partial charge in [0.2, 0.25) is 0 Å². The van der Waals surface area contributed by atoms with Crippen molar-refractivity contribution in [3.8, 4) is 0 Å². The van der Waals surface area contributed by atoms with Crippen molar-refractivity contribution in [3.63, 3.8) is 0 Å². The molecule has 3 nitrogen and oxygen atoms in total. The Morgan fingerprint density at radius 1 is 1.33 bits per heavy atom. The second kappa shape index (κ2) is 6.98. The summed E-state index contributed by atoms with van der Waals surface area (Å²) < 4.78 is 5.40. The minimum atomic E-state index is 0.800. The first kappa shape index (κ1) is 13.7. The van der Waals surface area contributed by atoms with Crippen molar-refractivity contribution >= 4 is 17.3 Å². The first-order chi connectivity index (χ1) is 8.81. The number of morpholine rings is 1. The third-order valence-electron chi connectivity index (χ3n) is 3.14. The Balaban J connectivity index is 2.11. The maximum Gasteiger partial charge on any atom is 0.0642 e. The maximum absolute atomic E-state index is 6.12. The summed E-state index contributed by atoms with van der Waals surface area (Å²) in [5.74, 6) is 0. The number of nitrogens with one attached hydrogen (secondary N) is 1. The fourth-order valence-electron chi connectivity index (χ4n) is 2.18. The molecule has 0 radical (unpaired) electrons. The van der Waals surface area contributed by atoms with Crippen LogP contribution in [0, 0.1) is 0 Å². The zero-order chi connectivity index (χ0) is 12.8. The van der Waals surface area contributed by atoms with Gasteiger partial charge in [0.1, 0.15) is 0 Å². The van der Waals surface area contributed by atoms with E-state index in [1.807, 2.05) is 6.07 Å². The van der Waals surface area contributed by atoms with E-state index >= 15 is 0 Å². The molecular weight excluding hydrogens is 248 g/mol. The Kier molecular flexibility index (Phi) is 5.29. The highest BCUT2D eigenvalue weighted by Gasteiger charge is 2.14. The molecule has 1 aliphatic rings. The smallest absolute Gasteiger partial charge is 0.0642 e. The van der Waals surface area contributed by atoms with Crippen molar-refractivity contribution in [2.24, 2.45) is 0 Å². The van der Waals surface area contributed by atoms with Gasteiger partial charge in [-0.2, -0.15) is 0 Å². The molecule has 1 saturated heterocycles. The van der Waals surface area contributed by atoms with Gasteiger partial charge in [-0.15, -0.1) is 0 Å². The van der Waals surface area contributed by atoms with E-state index in [0.29, 0.717) is 0 Å². The molecule has 100 valence electrons. The van der Waals surface area contributed by atoms with Crippen LogP contribution in [0.5, 0.6) is 0 Å². The predicted octanol–water partition coefficient (Wildman–Crippen LogP) is 2.68. The van der Waals surface area contributed by atoms with Gasteiger partial charge in [0, 0.05) is 30.3 Å². The highest BCUT2D eigenvalue weighted by Crippen LogP contribution is 2.25. The number of ether oxygens (including phenoxy) is 1. The second-order valence-corrected chi connectivity index (χ2v) is 4.99. The van der Waals surface area contributed by atoms with Crippen LogP contribution < -0.4 is 10.2 Å². The number of hydrogen-bond donors (Lipinski definition) is 1. The first-order valence-corrected chi connectivity index (χ1v) is 7.01. The van der Waals surface area contributed by atoms with Gasteiger partial charge in [0.05, 0.1) is 13.2 Å². The van der Waals surface area contributed by atoms with Gasteiger partial charge in [-0.05, 0) is 30.7 Å². The number of halogens is 1. The fourth-order valence-corrected chi connectivity index (χ4v) is 2.35. The summed E-state index contributed by atoms with van der Waals surface area (Å²) in [6.07, 6.45) is 1.15. The van der Waals surface area contributed by atoms with E-state index in [0.717, 1.165) is 50.8 Å². The van der Waals surface area contributed by atoms with Gasteiger partial charge in [0.25, 0.3) is 0 Å². The summed E-state index contributed by atoms with van der Waals surface area (Å²) in [6.45, 7) is 7.62. The number of anilines is 1. The molecule has 1 heterocycles. The quantitative estimate of drug-likeness (QED) is 0.831. The van der Waals surface area contributed by atoms with Crippen molar-refractivity contribution in [2.75, 3.05) is 37.7 Å². The topological polar surface area (TPSA) is 24.5 Å². The number of nitrogens with zero attached hydrogens (tertiary/aromatic N) is 1. The predicted molar refractivity (Wildman–Crippen MR) is 76.5 cm³/mol. The van der Waals surface area contributed by atoms with E-state index in [1.165, 1.54) is 11.3 Å². The molecule has 1 N–H and O–H groups in total. The number of benzene rings is 1.